The first-order valence-corrected chi connectivity index (χ1v) is 6.76. The zero-order chi connectivity index (χ0) is 13.8. The van der Waals surface area contributed by atoms with Crippen molar-refractivity contribution in [3.63, 3.8) is 0 Å². The van der Waals surface area contributed by atoms with Gasteiger partial charge in [-0.2, -0.15) is 5.26 Å². The number of hydrogen-bond acceptors (Lipinski definition) is 3. The van der Waals surface area contributed by atoms with Gasteiger partial charge in [0.05, 0.1) is 11.6 Å². The Kier molecular flexibility index (Phi) is 4.52. The maximum atomic E-state index is 13.1. The second kappa shape index (κ2) is 6.14. The molecule has 2 rings (SSSR count). The molecule has 1 heterocycles. The largest absolute Gasteiger partial charge is 0.328 e. The van der Waals surface area contributed by atoms with Gasteiger partial charge < -0.3 is 5.73 Å². The molecule has 1 aliphatic heterocycles. The van der Waals surface area contributed by atoms with Gasteiger partial charge in [-0.25, -0.2) is 4.39 Å². The van der Waals surface area contributed by atoms with Crippen LogP contribution in [-0.4, -0.2) is 24.0 Å². The molecule has 4 heteroatoms. The average molecular weight is 261 g/mol. The third-order valence-corrected chi connectivity index (χ3v) is 3.96. The summed E-state index contributed by atoms with van der Waals surface area (Å²) in [5.74, 6) is 0.246. The van der Waals surface area contributed by atoms with Crippen molar-refractivity contribution in [3.8, 4) is 6.07 Å². The fraction of sp³-hybridized carbons (Fsp3) is 0.533. The van der Waals surface area contributed by atoms with Gasteiger partial charge in [-0.05, 0) is 56.5 Å². The summed E-state index contributed by atoms with van der Waals surface area (Å²) < 4.78 is 13.1. The molecular weight excluding hydrogens is 241 g/mol. The Morgan fingerprint density at radius 2 is 2.16 bits per heavy atom. The van der Waals surface area contributed by atoms with Crippen LogP contribution >= 0.6 is 0 Å². The number of nitriles is 1. The van der Waals surface area contributed by atoms with Crippen LogP contribution in [0, 0.1) is 23.1 Å². The van der Waals surface area contributed by atoms with Crippen molar-refractivity contribution in [2.45, 2.75) is 32.4 Å². The normalized spacial score (nSPS) is 19.1. The molecule has 1 aromatic carbocycles. The van der Waals surface area contributed by atoms with E-state index in [1.807, 2.05) is 0 Å². The molecule has 0 amide bonds. The Bertz CT molecular complexity index is 471. The first-order valence-electron chi connectivity index (χ1n) is 6.76. The van der Waals surface area contributed by atoms with E-state index < -0.39 is 0 Å². The van der Waals surface area contributed by atoms with Gasteiger partial charge in [-0.15, -0.1) is 0 Å². The molecule has 0 bridgehead atoms. The molecule has 0 aromatic heterocycles. The van der Waals surface area contributed by atoms with Crippen molar-refractivity contribution >= 4 is 0 Å². The lowest BCUT2D eigenvalue weighted by atomic mass is 9.90. The molecule has 3 nitrogen and oxygen atoms in total. The van der Waals surface area contributed by atoms with Crippen LogP contribution < -0.4 is 5.73 Å². The third-order valence-electron chi connectivity index (χ3n) is 3.96. The van der Waals surface area contributed by atoms with Crippen LogP contribution in [0.4, 0.5) is 4.39 Å². The minimum atomic E-state index is -0.351. The lowest BCUT2D eigenvalue weighted by molar-refractivity contribution is 0.165. The minimum Gasteiger partial charge on any atom is -0.328 e. The first kappa shape index (κ1) is 14.0. The van der Waals surface area contributed by atoms with Crippen LogP contribution in [0.15, 0.2) is 18.2 Å². The van der Waals surface area contributed by atoms with E-state index in [2.05, 4.69) is 17.9 Å². The molecular formula is C15H20FN3. The summed E-state index contributed by atoms with van der Waals surface area (Å²) in [5, 5.41) is 9.04. The number of benzene rings is 1. The molecule has 102 valence electrons. The predicted molar refractivity (Wildman–Crippen MR) is 72.8 cm³/mol. The molecule has 1 unspecified atom stereocenters. The molecule has 0 radical (unpaired) electrons. The number of piperidine rings is 1. The van der Waals surface area contributed by atoms with Crippen LogP contribution in [0.1, 0.15) is 30.9 Å². The average Bonchev–Trinajstić information content (AvgIpc) is 2.41. The van der Waals surface area contributed by atoms with Crippen molar-refractivity contribution in [3.05, 3.63) is 35.1 Å². The third kappa shape index (κ3) is 3.52. The molecule has 1 aromatic rings. The minimum absolute atomic E-state index is 0.252. The van der Waals surface area contributed by atoms with E-state index in [0.717, 1.165) is 38.0 Å². The van der Waals surface area contributed by atoms with Gasteiger partial charge in [0.2, 0.25) is 0 Å². The molecule has 1 atom stereocenters. The van der Waals surface area contributed by atoms with Crippen LogP contribution in [0.25, 0.3) is 0 Å². The monoisotopic (exact) mass is 261 g/mol. The summed E-state index contributed by atoms with van der Waals surface area (Å²) in [6.45, 7) is 4.77. The summed E-state index contributed by atoms with van der Waals surface area (Å²) in [6.07, 6.45) is 2.20. The number of hydrogen-bond donors (Lipinski definition) is 1. The number of halogens is 1. The van der Waals surface area contributed by atoms with E-state index in [1.54, 1.807) is 6.07 Å². The van der Waals surface area contributed by atoms with Gasteiger partial charge in [0.25, 0.3) is 0 Å². The maximum Gasteiger partial charge on any atom is 0.124 e. The highest BCUT2D eigenvalue weighted by Gasteiger charge is 2.22. The molecule has 0 saturated carbocycles. The van der Waals surface area contributed by atoms with Gasteiger partial charge >= 0.3 is 0 Å². The van der Waals surface area contributed by atoms with E-state index in [1.165, 1.54) is 12.1 Å². The van der Waals surface area contributed by atoms with Crippen LogP contribution in [0.5, 0.6) is 0 Å². The van der Waals surface area contributed by atoms with Gasteiger partial charge in [-0.1, -0.05) is 6.07 Å². The maximum absolute atomic E-state index is 13.1. The Hall–Kier alpha value is -1.44. The van der Waals surface area contributed by atoms with Gasteiger partial charge in [0, 0.05) is 12.6 Å². The highest BCUT2D eigenvalue weighted by molar-refractivity contribution is 5.37. The molecule has 1 saturated heterocycles. The number of likely N-dealkylation sites (tertiary alicyclic amines) is 1. The highest BCUT2D eigenvalue weighted by Crippen LogP contribution is 2.22. The van der Waals surface area contributed by atoms with E-state index in [4.69, 9.17) is 11.0 Å². The van der Waals surface area contributed by atoms with Crippen LogP contribution in [0.2, 0.25) is 0 Å². The van der Waals surface area contributed by atoms with E-state index in [9.17, 15) is 4.39 Å². The molecule has 2 N–H and O–H groups in total. The van der Waals surface area contributed by atoms with Crippen LogP contribution in [-0.2, 0) is 6.54 Å². The number of nitrogens with two attached hydrogens (primary N) is 1. The number of rotatable bonds is 3. The van der Waals surface area contributed by atoms with E-state index in [0.29, 0.717) is 11.5 Å². The lowest BCUT2D eigenvalue weighted by Gasteiger charge is -2.33. The Labute approximate surface area is 113 Å². The summed E-state index contributed by atoms with van der Waals surface area (Å²) in [4.78, 5) is 2.31. The highest BCUT2D eigenvalue weighted by atomic mass is 19.1. The van der Waals surface area contributed by atoms with Crippen molar-refractivity contribution in [2.75, 3.05) is 13.1 Å². The summed E-state index contributed by atoms with van der Waals surface area (Å²) in [5.41, 5.74) is 7.27. The Morgan fingerprint density at radius 1 is 1.47 bits per heavy atom. The van der Waals surface area contributed by atoms with Crippen molar-refractivity contribution in [1.82, 2.24) is 4.90 Å². The molecule has 0 aliphatic carbocycles. The fourth-order valence-electron chi connectivity index (χ4n) is 2.67. The summed E-state index contributed by atoms with van der Waals surface area (Å²) in [7, 11) is 0. The SMILES string of the molecule is CC(N)C1CCN(Cc2ccc(F)cc2C#N)CC1. The standard InChI is InChI=1S/C15H20FN3/c1-11(18)12-4-6-19(7-5-12)10-13-2-3-15(16)8-14(13)9-17/h2-3,8,11-12H,4-7,10,18H2,1H3. The van der Waals surface area contributed by atoms with E-state index in [-0.39, 0.29) is 11.9 Å². The van der Waals surface area contributed by atoms with Crippen molar-refractivity contribution < 1.29 is 4.39 Å². The van der Waals surface area contributed by atoms with E-state index >= 15 is 0 Å². The zero-order valence-electron chi connectivity index (χ0n) is 11.3. The molecule has 0 spiro atoms. The molecule has 19 heavy (non-hydrogen) atoms. The molecule has 1 fully saturated rings. The zero-order valence-corrected chi connectivity index (χ0v) is 11.3. The van der Waals surface area contributed by atoms with Crippen molar-refractivity contribution in [2.24, 2.45) is 11.7 Å². The number of nitrogens with zero attached hydrogens (tertiary/aromatic N) is 2. The molecule has 1 aliphatic rings. The first-order chi connectivity index (χ1) is 9.10. The van der Waals surface area contributed by atoms with Gasteiger partial charge in [-0.3, -0.25) is 4.90 Å². The topological polar surface area (TPSA) is 53.0 Å². The second-order valence-electron chi connectivity index (χ2n) is 5.39. The fourth-order valence-corrected chi connectivity index (χ4v) is 2.67. The second-order valence-corrected chi connectivity index (χ2v) is 5.39. The summed E-state index contributed by atoms with van der Waals surface area (Å²) >= 11 is 0. The van der Waals surface area contributed by atoms with Gasteiger partial charge in [0.15, 0.2) is 0 Å². The Morgan fingerprint density at radius 3 is 2.74 bits per heavy atom. The quantitative estimate of drug-likeness (QED) is 0.908. The summed E-state index contributed by atoms with van der Waals surface area (Å²) in [6, 6.07) is 6.76. The van der Waals surface area contributed by atoms with Crippen LogP contribution in [0.3, 0.4) is 0 Å². The smallest absolute Gasteiger partial charge is 0.124 e. The lowest BCUT2D eigenvalue weighted by Crippen LogP contribution is -2.39. The van der Waals surface area contributed by atoms with Gasteiger partial charge in [0.1, 0.15) is 5.82 Å². The Balaban J connectivity index is 1.98. The predicted octanol–water partition coefficient (Wildman–Crippen LogP) is 2.26. The van der Waals surface area contributed by atoms with Crippen molar-refractivity contribution in [1.29, 1.82) is 5.26 Å².